The average Bonchev–Trinajstić information content (AvgIpc) is 2.47. The lowest BCUT2D eigenvalue weighted by atomic mass is 10.1. The topological polar surface area (TPSA) is 71.8 Å². The number of carbonyl (C=O) groups is 1. The minimum absolute atomic E-state index is 0.422. The molecule has 66 valence electrons. The summed E-state index contributed by atoms with van der Waals surface area (Å²) in [6, 6.07) is 5.25. The molecular formula is C9H9N3O. The fourth-order valence-corrected chi connectivity index (χ4v) is 1.31. The zero-order chi connectivity index (χ0) is 9.42. The Labute approximate surface area is 74.7 Å². The summed E-state index contributed by atoms with van der Waals surface area (Å²) in [6.07, 6.45) is 0. The smallest absolute Gasteiger partial charge is 0.248 e. The van der Waals surface area contributed by atoms with Gasteiger partial charge >= 0.3 is 0 Å². The van der Waals surface area contributed by atoms with Gasteiger partial charge in [0.25, 0.3) is 0 Å². The van der Waals surface area contributed by atoms with Crippen LogP contribution < -0.4 is 5.73 Å². The minimum atomic E-state index is -0.422. The average molecular weight is 175 g/mol. The summed E-state index contributed by atoms with van der Waals surface area (Å²) in [5.41, 5.74) is 7.40. The molecule has 0 aliphatic carbocycles. The third kappa shape index (κ3) is 1.16. The van der Waals surface area contributed by atoms with Crippen molar-refractivity contribution in [2.75, 3.05) is 0 Å². The molecular weight excluding hydrogens is 166 g/mol. The molecule has 4 heteroatoms. The van der Waals surface area contributed by atoms with E-state index in [2.05, 4.69) is 10.2 Å². The maximum atomic E-state index is 10.8. The second-order valence-electron chi connectivity index (χ2n) is 2.93. The number of aromatic amines is 1. The van der Waals surface area contributed by atoms with E-state index in [4.69, 9.17) is 5.73 Å². The number of H-pyrrole nitrogens is 1. The number of nitrogens with one attached hydrogen (secondary N) is 1. The Hall–Kier alpha value is -1.84. The maximum Gasteiger partial charge on any atom is 0.248 e. The summed E-state index contributed by atoms with van der Waals surface area (Å²) in [5, 5.41) is 7.86. The van der Waals surface area contributed by atoms with Gasteiger partial charge < -0.3 is 5.73 Å². The van der Waals surface area contributed by atoms with Crippen LogP contribution in [0, 0.1) is 6.92 Å². The van der Waals surface area contributed by atoms with Crippen LogP contribution in [0.5, 0.6) is 0 Å². The van der Waals surface area contributed by atoms with Crippen LogP contribution in [0.2, 0.25) is 0 Å². The number of fused-ring (bicyclic) bond motifs is 1. The SMILES string of the molecule is Cc1n[nH]c2cc(C(N)=O)ccc12. The van der Waals surface area contributed by atoms with Gasteiger partial charge in [-0.2, -0.15) is 5.10 Å². The Balaban J connectivity index is 2.70. The minimum Gasteiger partial charge on any atom is -0.366 e. The summed E-state index contributed by atoms with van der Waals surface area (Å²) in [6.45, 7) is 1.91. The third-order valence-electron chi connectivity index (χ3n) is 2.04. The van der Waals surface area contributed by atoms with Gasteiger partial charge in [0.15, 0.2) is 0 Å². The summed E-state index contributed by atoms with van der Waals surface area (Å²) < 4.78 is 0. The van der Waals surface area contributed by atoms with Crippen molar-refractivity contribution < 1.29 is 4.79 Å². The highest BCUT2D eigenvalue weighted by molar-refractivity contribution is 5.97. The number of hydrogen-bond acceptors (Lipinski definition) is 2. The number of carbonyl (C=O) groups excluding carboxylic acids is 1. The lowest BCUT2D eigenvalue weighted by molar-refractivity contribution is 0.100. The second kappa shape index (κ2) is 2.58. The van der Waals surface area contributed by atoms with Crippen LogP contribution in [0.1, 0.15) is 16.1 Å². The number of rotatable bonds is 1. The molecule has 0 saturated heterocycles. The van der Waals surface area contributed by atoms with Gasteiger partial charge in [-0.3, -0.25) is 9.89 Å². The molecule has 13 heavy (non-hydrogen) atoms. The number of hydrogen-bond donors (Lipinski definition) is 2. The molecule has 0 bridgehead atoms. The maximum absolute atomic E-state index is 10.8. The first-order valence-corrected chi connectivity index (χ1v) is 3.93. The van der Waals surface area contributed by atoms with Gasteiger partial charge in [0.05, 0.1) is 11.2 Å². The highest BCUT2D eigenvalue weighted by atomic mass is 16.1. The van der Waals surface area contributed by atoms with Crippen molar-refractivity contribution in [3.05, 3.63) is 29.5 Å². The van der Waals surface area contributed by atoms with Gasteiger partial charge in [-0.25, -0.2) is 0 Å². The Morgan fingerprint density at radius 3 is 3.00 bits per heavy atom. The molecule has 0 unspecified atom stereocenters. The van der Waals surface area contributed by atoms with E-state index >= 15 is 0 Å². The normalized spacial score (nSPS) is 10.5. The number of primary amides is 1. The summed E-state index contributed by atoms with van der Waals surface area (Å²) in [5.74, 6) is -0.422. The Morgan fingerprint density at radius 2 is 2.31 bits per heavy atom. The fraction of sp³-hybridized carbons (Fsp3) is 0.111. The molecule has 3 N–H and O–H groups in total. The van der Waals surface area contributed by atoms with Crippen LogP contribution in [-0.2, 0) is 0 Å². The first-order valence-electron chi connectivity index (χ1n) is 3.93. The van der Waals surface area contributed by atoms with Crippen molar-refractivity contribution >= 4 is 16.8 Å². The van der Waals surface area contributed by atoms with Crippen LogP contribution in [0.15, 0.2) is 18.2 Å². The molecule has 1 aromatic heterocycles. The van der Waals surface area contributed by atoms with Crippen molar-refractivity contribution in [1.29, 1.82) is 0 Å². The van der Waals surface area contributed by atoms with E-state index < -0.39 is 5.91 Å². The first kappa shape index (κ1) is 7.79. The predicted molar refractivity (Wildman–Crippen MR) is 49.3 cm³/mol. The van der Waals surface area contributed by atoms with Crippen LogP contribution >= 0.6 is 0 Å². The molecule has 2 rings (SSSR count). The fourth-order valence-electron chi connectivity index (χ4n) is 1.31. The van der Waals surface area contributed by atoms with Crippen molar-refractivity contribution in [2.45, 2.75) is 6.92 Å². The molecule has 2 aromatic rings. The molecule has 0 aliphatic heterocycles. The zero-order valence-electron chi connectivity index (χ0n) is 7.16. The summed E-state index contributed by atoms with van der Waals surface area (Å²) >= 11 is 0. The molecule has 0 atom stereocenters. The zero-order valence-corrected chi connectivity index (χ0v) is 7.16. The highest BCUT2D eigenvalue weighted by Gasteiger charge is 2.04. The molecule has 0 spiro atoms. The van der Waals surface area contributed by atoms with Crippen LogP contribution in [-0.4, -0.2) is 16.1 Å². The Morgan fingerprint density at radius 1 is 1.54 bits per heavy atom. The van der Waals surface area contributed by atoms with Gasteiger partial charge in [-0.15, -0.1) is 0 Å². The Bertz CT molecular complexity index is 473. The highest BCUT2D eigenvalue weighted by Crippen LogP contribution is 2.16. The number of nitrogens with two attached hydrogens (primary N) is 1. The van der Waals surface area contributed by atoms with Crippen LogP contribution in [0.25, 0.3) is 10.9 Å². The van der Waals surface area contributed by atoms with Gasteiger partial charge in [-0.05, 0) is 19.1 Å². The van der Waals surface area contributed by atoms with Gasteiger partial charge in [-0.1, -0.05) is 6.07 Å². The van der Waals surface area contributed by atoms with E-state index in [1.54, 1.807) is 12.1 Å². The number of benzene rings is 1. The molecule has 1 amide bonds. The van der Waals surface area contributed by atoms with E-state index in [-0.39, 0.29) is 0 Å². The largest absolute Gasteiger partial charge is 0.366 e. The van der Waals surface area contributed by atoms with E-state index in [9.17, 15) is 4.79 Å². The standard InChI is InChI=1S/C9H9N3O/c1-5-7-3-2-6(9(10)13)4-8(7)12-11-5/h2-4H,1H3,(H2,10,13)(H,11,12). The van der Waals surface area contributed by atoms with Gasteiger partial charge in [0.1, 0.15) is 0 Å². The van der Waals surface area contributed by atoms with Gasteiger partial charge in [0, 0.05) is 10.9 Å². The Kier molecular flexibility index (Phi) is 1.55. The molecule has 4 nitrogen and oxygen atoms in total. The van der Waals surface area contributed by atoms with E-state index in [0.717, 1.165) is 16.6 Å². The molecule has 0 aliphatic rings. The lowest BCUT2D eigenvalue weighted by Crippen LogP contribution is -2.10. The molecule has 0 fully saturated rings. The van der Waals surface area contributed by atoms with Crippen molar-refractivity contribution in [3.8, 4) is 0 Å². The lowest BCUT2D eigenvalue weighted by Gasteiger charge is -1.94. The molecule has 1 heterocycles. The number of aromatic nitrogens is 2. The van der Waals surface area contributed by atoms with E-state index in [1.807, 2.05) is 13.0 Å². The van der Waals surface area contributed by atoms with E-state index in [1.165, 1.54) is 0 Å². The molecule has 0 radical (unpaired) electrons. The number of aryl methyl sites for hydroxylation is 1. The quantitative estimate of drug-likeness (QED) is 0.677. The van der Waals surface area contributed by atoms with Crippen molar-refractivity contribution in [2.24, 2.45) is 5.73 Å². The van der Waals surface area contributed by atoms with Crippen LogP contribution in [0.3, 0.4) is 0 Å². The molecule has 1 aromatic carbocycles. The number of amides is 1. The van der Waals surface area contributed by atoms with Crippen molar-refractivity contribution in [3.63, 3.8) is 0 Å². The predicted octanol–water partition coefficient (Wildman–Crippen LogP) is 0.970. The van der Waals surface area contributed by atoms with Crippen molar-refractivity contribution in [1.82, 2.24) is 10.2 Å². The number of nitrogens with zero attached hydrogens (tertiary/aromatic N) is 1. The summed E-state index contributed by atoms with van der Waals surface area (Å²) in [4.78, 5) is 10.8. The van der Waals surface area contributed by atoms with Crippen LogP contribution in [0.4, 0.5) is 0 Å². The first-order chi connectivity index (χ1) is 6.18. The second-order valence-corrected chi connectivity index (χ2v) is 2.93. The third-order valence-corrected chi connectivity index (χ3v) is 2.04. The van der Waals surface area contributed by atoms with E-state index in [0.29, 0.717) is 5.56 Å². The molecule has 0 saturated carbocycles. The monoisotopic (exact) mass is 175 g/mol. The van der Waals surface area contributed by atoms with Gasteiger partial charge in [0.2, 0.25) is 5.91 Å². The summed E-state index contributed by atoms with van der Waals surface area (Å²) in [7, 11) is 0.